The number of halogens is 2. The smallest absolute Gasteiger partial charge is 0.249 e. The number of para-hydroxylation sites is 2. The maximum Gasteiger partial charge on any atom is 0.249 e. The summed E-state index contributed by atoms with van der Waals surface area (Å²) < 4.78 is 26.3. The van der Waals surface area contributed by atoms with Crippen LogP contribution in [-0.2, 0) is 10.2 Å². The molecule has 5 rings (SSSR count). The second-order valence-electron chi connectivity index (χ2n) is 8.51. The predicted octanol–water partition coefficient (Wildman–Crippen LogP) is 4.74. The minimum atomic E-state index is -2.64. The summed E-state index contributed by atoms with van der Waals surface area (Å²) in [6.07, 6.45) is 1.20. The van der Waals surface area contributed by atoms with E-state index in [9.17, 15) is 13.6 Å². The van der Waals surface area contributed by atoms with Crippen molar-refractivity contribution in [2.45, 2.75) is 37.0 Å². The zero-order valence-electron chi connectivity index (χ0n) is 15.8. The number of benzene rings is 2. The number of likely N-dealkylation sites (tertiary alicyclic amines) is 1. The lowest BCUT2D eigenvalue weighted by Gasteiger charge is -2.43. The zero-order chi connectivity index (χ0) is 19.4. The van der Waals surface area contributed by atoms with Crippen LogP contribution in [0.2, 0.25) is 0 Å². The first-order chi connectivity index (χ1) is 13.5. The zero-order valence-corrected chi connectivity index (χ0v) is 15.8. The van der Waals surface area contributed by atoms with E-state index in [1.807, 2.05) is 11.0 Å². The van der Waals surface area contributed by atoms with Crippen LogP contribution >= 0.6 is 0 Å². The molecule has 3 nitrogen and oxygen atoms in total. The Balaban J connectivity index is 1.35. The average molecular weight is 382 g/mol. The van der Waals surface area contributed by atoms with Crippen LogP contribution in [0.1, 0.15) is 31.2 Å². The van der Waals surface area contributed by atoms with Gasteiger partial charge in [-0.3, -0.25) is 4.79 Å². The quantitative estimate of drug-likeness (QED) is 0.749. The molecule has 28 heavy (non-hydrogen) atoms. The molecule has 2 fully saturated rings. The number of amides is 1. The highest BCUT2D eigenvalue weighted by Gasteiger charge is 2.51. The predicted molar refractivity (Wildman–Crippen MR) is 105 cm³/mol. The van der Waals surface area contributed by atoms with E-state index in [4.69, 9.17) is 0 Å². The summed E-state index contributed by atoms with van der Waals surface area (Å²) >= 11 is 0. The van der Waals surface area contributed by atoms with Gasteiger partial charge in [0.2, 0.25) is 11.8 Å². The van der Waals surface area contributed by atoms with Crippen molar-refractivity contribution in [2.24, 2.45) is 5.92 Å². The summed E-state index contributed by atoms with van der Waals surface area (Å²) in [7, 11) is 0. The van der Waals surface area contributed by atoms with Crippen molar-refractivity contribution in [1.82, 2.24) is 4.90 Å². The Morgan fingerprint density at radius 2 is 1.57 bits per heavy atom. The molecule has 2 aromatic carbocycles. The minimum Gasteiger partial charge on any atom is -0.342 e. The molecular formula is C23H24F2N2O. The number of hydrogen-bond donors (Lipinski definition) is 0. The van der Waals surface area contributed by atoms with Crippen LogP contribution in [0, 0.1) is 5.92 Å². The molecule has 0 atom stereocenters. The van der Waals surface area contributed by atoms with Crippen LogP contribution < -0.4 is 4.90 Å². The van der Waals surface area contributed by atoms with Gasteiger partial charge in [-0.25, -0.2) is 8.78 Å². The van der Waals surface area contributed by atoms with Gasteiger partial charge in [0.05, 0.1) is 0 Å². The van der Waals surface area contributed by atoms with Gasteiger partial charge < -0.3 is 9.80 Å². The molecule has 1 saturated carbocycles. The van der Waals surface area contributed by atoms with Crippen molar-refractivity contribution in [1.29, 1.82) is 0 Å². The van der Waals surface area contributed by atoms with Crippen molar-refractivity contribution in [3.05, 3.63) is 60.2 Å². The Morgan fingerprint density at radius 3 is 2.25 bits per heavy atom. The van der Waals surface area contributed by atoms with Gasteiger partial charge in [0.1, 0.15) is 0 Å². The molecule has 1 spiro atoms. The Labute approximate surface area is 163 Å². The molecule has 0 unspecified atom stereocenters. The molecule has 0 radical (unpaired) electrons. The lowest BCUT2D eigenvalue weighted by atomic mass is 9.73. The third-order valence-corrected chi connectivity index (χ3v) is 6.77. The van der Waals surface area contributed by atoms with Crippen LogP contribution in [0.25, 0.3) is 0 Å². The minimum absolute atomic E-state index is 0.0206. The second kappa shape index (κ2) is 6.29. The fourth-order valence-electron chi connectivity index (χ4n) is 5.15. The van der Waals surface area contributed by atoms with Crippen molar-refractivity contribution in [3.63, 3.8) is 0 Å². The van der Waals surface area contributed by atoms with Crippen LogP contribution in [0.3, 0.4) is 0 Å². The molecule has 1 aliphatic carbocycles. The van der Waals surface area contributed by atoms with Crippen molar-refractivity contribution in [3.8, 4) is 0 Å². The topological polar surface area (TPSA) is 23.6 Å². The number of fused-ring (bicyclic) bond motifs is 2. The van der Waals surface area contributed by atoms with E-state index in [2.05, 4.69) is 53.4 Å². The first kappa shape index (κ1) is 17.7. The molecule has 2 aromatic rings. The first-order valence-corrected chi connectivity index (χ1v) is 10.1. The third kappa shape index (κ3) is 2.79. The largest absolute Gasteiger partial charge is 0.342 e. The molecule has 1 saturated heterocycles. The molecule has 0 N–H and O–H groups in total. The van der Waals surface area contributed by atoms with Gasteiger partial charge in [0.25, 0.3) is 0 Å². The van der Waals surface area contributed by atoms with Gasteiger partial charge in [-0.2, -0.15) is 0 Å². The summed E-state index contributed by atoms with van der Waals surface area (Å²) in [6.45, 7) is 2.20. The Bertz CT molecular complexity index is 882. The number of anilines is 2. The van der Waals surface area contributed by atoms with E-state index in [1.54, 1.807) is 0 Å². The summed E-state index contributed by atoms with van der Waals surface area (Å²) in [6, 6.07) is 18.9. The summed E-state index contributed by atoms with van der Waals surface area (Å²) in [5.74, 6) is -3.20. The molecular weight excluding hydrogens is 358 g/mol. The summed E-state index contributed by atoms with van der Waals surface area (Å²) in [5.41, 5.74) is 3.79. The number of hydrogen-bond acceptors (Lipinski definition) is 2. The lowest BCUT2D eigenvalue weighted by Crippen LogP contribution is -2.52. The fraction of sp³-hybridized carbons (Fsp3) is 0.435. The molecule has 2 aliphatic heterocycles. The fourth-order valence-corrected chi connectivity index (χ4v) is 5.15. The molecule has 3 aliphatic rings. The highest BCUT2D eigenvalue weighted by molar-refractivity contribution is 5.80. The van der Waals surface area contributed by atoms with Gasteiger partial charge in [0, 0.05) is 55.2 Å². The molecule has 5 heteroatoms. The van der Waals surface area contributed by atoms with Crippen LogP contribution in [-0.4, -0.2) is 36.4 Å². The number of carbonyl (C=O) groups excluding carboxylic acids is 1. The van der Waals surface area contributed by atoms with Gasteiger partial charge in [0.15, 0.2) is 0 Å². The number of nitrogens with zero attached hydrogens (tertiary/aromatic N) is 2. The van der Waals surface area contributed by atoms with Crippen molar-refractivity contribution < 1.29 is 13.6 Å². The molecule has 0 aromatic heterocycles. The van der Waals surface area contributed by atoms with Gasteiger partial charge in [-0.1, -0.05) is 36.4 Å². The standard InChI is InChI=1S/C23H24F2N2O/c24-23(25)14-17(15-23)21(28)26-12-10-22(11-13-26)16-27(18-6-2-1-3-7-18)20-9-5-4-8-19(20)22/h1-9,17H,10-16H2. The number of piperidine rings is 1. The molecule has 1 amide bonds. The lowest BCUT2D eigenvalue weighted by molar-refractivity contribution is -0.161. The van der Waals surface area contributed by atoms with E-state index in [1.165, 1.54) is 16.9 Å². The molecule has 0 bridgehead atoms. The first-order valence-electron chi connectivity index (χ1n) is 10.1. The van der Waals surface area contributed by atoms with E-state index < -0.39 is 11.8 Å². The maximum atomic E-state index is 13.1. The Kier molecular flexibility index (Phi) is 3.97. The van der Waals surface area contributed by atoms with Crippen LogP contribution in [0.4, 0.5) is 20.2 Å². The van der Waals surface area contributed by atoms with Crippen LogP contribution in [0.5, 0.6) is 0 Å². The molecule has 2 heterocycles. The number of alkyl halides is 2. The number of carbonyl (C=O) groups is 1. The maximum absolute atomic E-state index is 13.1. The SMILES string of the molecule is O=C(C1CC(F)(F)C1)N1CCC2(CC1)CN(c1ccccc1)c1ccccc12. The van der Waals surface area contributed by atoms with Gasteiger partial charge in [-0.05, 0) is 36.6 Å². The van der Waals surface area contributed by atoms with E-state index in [0.29, 0.717) is 13.1 Å². The van der Waals surface area contributed by atoms with E-state index >= 15 is 0 Å². The van der Waals surface area contributed by atoms with Gasteiger partial charge >= 0.3 is 0 Å². The Hall–Kier alpha value is -2.43. The number of rotatable bonds is 2. The monoisotopic (exact) mass is 382 g/mol. The summed E-state index contributed by atoms with van der Waals surface area (Å²) in [5, 5.41) is 0. The highest BCUT2D eigenvalue weighted by Crippen LogP contribution is 2.50. The average Bonchev–Trinajstić information content (AvgIpc) is 3.01. The van der Waals surface area contributed by atoms with Crippen molar-refractivity contribution in [2.75, 3.05) is 24.5 Å². The normalized spacial score (nSPS) is 22.8. The third-order valence-electron chi connectivity index (χ3n) is 6.77. The summed E-state index contributed by atoms with van der Waals surface area (Å²) in [4.78, 5) is 16.8. The van der Waals surface area contributed by atoms with Crippen LogP contribution in [0.15, 0.2) is 54.6 Å². The highest BCUT2D eigenvalue weighted by atomic mass is 19.3. The van der Waals surface area contributed by atoms with Gasteiger partial charge in [-0.15, -0.1) is 0 Å². The van der Waals surface area contributed by atoms with E-state index in [0.717, 1.165) is 19.4 Å². The van der Waals surface area contributed by atoms with Crippen molar-refractivity contribution >= 4 is 17.3 Å². The van der Waals surface area contributed by atoms with E-state index in [-0.39, 0.29) is 24.2 Å². The second-order valence-corrected chi connectivity index (χ2v) is 8.51. The Morgan fingerprint density at radius 1 is 0.929 bits per heavy atom. The molecule has 146 valence electrons.